The summed E-state index contributed by atoms with van der Waals surface area (Å²) in [5.41, 5.74) is 2.39. The van der Waals surface area contributed by atoms with Crippen molar-refractivity contribution in [3.05, 3.63) is 78.1 Å². The van der Waals surface area contributed by atoms with E-state index in [0.29, 0.717) is 11.4 Å². The van der Waals surface area contributed by atoms with Crippen LogP contribution in [0, 0.1) is 5.92 Å². The second kappa shape index (κ2) is 8.45. The van der Waals surface area contributed by atoms with E-state index in [1.54, 1.807) is 19.5 Å². The minimum Gasteiger partial charge on any atom is -0.497 e. The number of hydrogen-bond acceptors (Lipinski definition) is 4. The van der Waals surface area contributed by atoms with Crippen molar-refractivity contribution in [2.24, 2.45) is 5.92 Å². The smallest absolute Gasteiger partial charge is 0.254 e. The van der Waals surface area contributed by atoms with Crippen molar-refractivity contribution in [2.45, 2.75) is 19.9 Å². The molecule has 0 fully saturated rings. The summed E-state index contributed by atoms with van der Waals surface area (Å²) in [6.07, 6.45) is 3.13. The number of amides is 1. The topological polar surface area (TPSA) is 64.1 Å². The zero-order chi connectivity index (χ0) is 19.2. The average Bonchev–Trinajstić information content (AvgIpc) is 2.72. The zero-order valence-electron chi connectivity index (χ0n) is 15.7. The lowest BCUT2D eigenvalue weighted by atomic mass is 9.95. The average molecular weight is 361 g/mol. The molecule has 0 saturated carbocycles. The van der Waals surface area contributed by atoms with Crippen LogP contribution in [0.25, 0.3) is 11.4 Å². The molecule has 138 valence electrons. The van der Waals surface area contributed by atoms with Gasteiger partial charge in [0.05, 0.1) is 18.7 Å². The molecule has 0 spiro atoms. The van der Waals surface area contributed by atoms with Gasteiger partial charge in [0.2, 0.25) is 0 Å². The Morgan fingerprint density at radius 3 is 2.15 bits per heavy atom. The molecule has 0 aliphatic heterocycles. The minimum absolute atomic E-state index is 0.114. The fourth-order valence-electron chi connectivity index (χ4n) is 2.85. The van der Waals surface area contributed by atoms with Gasteiger partial charge in [-0.3, -0.25) is 4.79 Å². The monoisotopic (exact) mass is 361 g/mol. The van der Waals surface area contributed by atoms with Crippen molar-refractivity contribution in [3.63, 3.8) is 0 Å². The third-order valence-corrected chi connectivity index (χ3v) is 4.37. The number of ether oxygens (including phenoxy) is 1. The van der Waals surface area contributed by atoms with Gasteiger partial charge < -0.3 is 10.1 Å². The van der Waals surface area contributed by atoms with Crippen LogP contribution in [0.15, 0.2) is 67.0 Å². The van der Waals surface area contributed by atoms with Gasteiger partial charge in [-0.05, 0) is 23.6 Å². The molecule has 27 heavy (non-hydrogen) atoms. The SMILES string of the molecule is COc1ccc(C(NC(=O)c2cnc(-c3ccccc3)nc2)C(C)C)cc1. The Kier molecular flexibility index (Phi) is 5.81. The van der Waals surface area contributed by atoms with E-state index in [4.69, 9.17) is 4.74 Å². The molecule has 0 aliphatic carbocycles. The third-order valence-electron chi connectivity index (χ3n) is 4.37. The number of carbonyl (C=O) groups excluding carboxylic acids is 1. The first kappa shape index (κ1) is 18.6. The van der Waals surface area contributed by atoms with Crippen molar-refractivity contribution in [2.75, 3.05) is 7.11 Å². The molecule has 1 aromatic heterocycles. The first-order valence-corrected chi connectivity index (χ1v) is 8.90. The molecule has 1 unspecified atom stereocenters. The molecule has 1 atom stereocenters. The molecule has 0 radical (unpaired) electrons. The maximum absolute atomic E-state index is 12.7. The van der Waals surface area contributed by atoms with Crippen LogP contribution in [0.5, 0.6) is 5.75 Å². The predicted octanol–water partition coefficient (Wildman–Crippen LogP) is 4.28. The lowest BCUT2D eigenvalue weighted by molar-refractivity contribution is 0.0925. The van der Waals surface area contributed by atoms with Gasteiger partial charge in [0.25, 0.3) is 5.91 Å². The number of hydrogen-bond donors (Lipinski definition) is 1. The van der Waals surface area contributed by atoms with Crippen molar-refractivity contribution in [3.8, 4) is 17.1 Å². The van der Waals surface area contributed by atoms with E-state index in [1.165, 1.54) is 0 Å². The Hall–Kier alpha value is -3.21. The van der Waals surface area contributed by atoms with Gasteiger partial charge >= 0.3 is 0 Å². The fraction of sp³-hybridized carbons (Fsp3) is 0.227. The third kappa shape index (κ3) is 4.50. The molecular weight excluding hydrogens is 338 g/mol. The van der Waals surface area contributed by atoms with Crippen LogP contribution in [0.3, 0.4) is 0 Å². The summed E-state index contributed by atoms with van der Waals surface area (Å²) in [6.45, 7) is 4.15. The number of aromatic nitrogens is 2. The normalized spacial score (nSPS) is 11.9. The maximum atomic E-state index is 12.7. The number of methoxy groups -OCH3 is 1. The second-order valence-corrected chi connectivity index (χ2v) is 6.63. The molecule has 1 N–H and O–H groups in total. The molecule has 0 bridgehead atoms. The molecule has 2 aromatic carbocycles. The number of rotatable bonds is 6. The summed E-state index contributed by atoms with van der Waals surface area (Å²) in [4.78, 5) is 21.3. The van der Waals surface area contributed by atoms with Gasteiger partial charge in [0, 0.05) is 18.0 Å². The van der Waals surface area contributed by atoms with Crippen molar-refractivity contribution >= 4 is 5.91 Å². The fourth-order valence-corrected chi connectivity index (χ4v) is 2.85. The van der Waals surface area contributed by atoms with E-state index in [2.05, 4.69) is 29.1 Å². The van der Waals surface area contributed by atoms with Crippen LogP contribution in [-0.2, 0) is 0 Å². The highest BCUT2D eigenvalue weighted by Gasteiger charge is 2.20. The largest absolute Gasteiger partial charge is 0.497 e. The standard InChI is InChI=1S/C22H23N3O2/c1-15(2)20(16-9-11-19(27-3)12-10-16)25-22(26)18-13-23-21(24-14-18)17-7-5-4-6-8-17/h4-15,20H,1-3H3,(H,25,26). The Bertz CT molecular complexity index is 876. The van der Waals surface area contributed by atoms with Gasteiger partial charge in [-0.25, -0.2) is 9.97 Å². The summed E-state index contributed by atoms with van der Waals surface area (Å²) < 4.78 is 5.20. The molecule has 1 amide bonds. The Morgan fingerprint density at radius 1 is 0.963 bits per heavy atom. The van der Waals surface area contributed by atoms with Crippen LogP contribution in [-0.4, -0.2) is 23.0 Å². The Morgan fingerprint density at radius 2 is 1.59 bits per heavy atom. The van der Waals surface area contributed by atoms with Crippen LogP contribution in [0.1, 0.15) is 35.8 Å². The van der Waals surface area contributed by atoms with Gasteiger partial charge in [0.15, 0.2) is 5.82 Å². The quantitative estimate of drug-likeness (QED) is 0.712. The molecule has 3 rings (SSSR count). The van der Waals surface area contributed by atoms with E-state index in [-0.39, 0.29) is 17.9 Å². The van der Waals surface area contributed by atoms with Crippen molar-refractivity contribution in [1.29, 1.82) is 0 Å². The second-order valence-electron chi connectivity index (χ2n) is 6.63. The molecule has 1 heterocycles. The highest BCUT2D eigenvalue weighted by Crippen LogP contribution is 2.24. The van der Waals surface area contributed by atoms with E-state index >= 15 is 0 Å². The molecule has 0 saturated heterocycles. The van der Waals surface area contributed by atoms with Crippen molar-refractivity contribution < 1.29 is 9.53 Å². The summed E-state index contributed by atoms with van der Waals surface area (Å²) in [5.74, 6) is 1.43. The van der Waals surface area contributed by atoms with Gasteiger partial charge in [-0.2, -0.15) is 0 Å². The first-order valence-electron chi connectivity index (χ1n) is 8.90. The van der Waals surface area contributed by atoms with Crippen LogP contribution in [0.4, 0.5) is 0 Å². The number of nitrogens with zero attached hydrogens (tertiary/aromatic N) is 2. The van der Waals surface area contributed by atoms with Gasteiger partial charge in [-0.1, -0.05) is 56.3 Å². The van der Waals surface area contributed by atoms with Crippen LogP contribution < -0.4 is 10.1 Å². The highest BCUT2D eigenvalue weighted by atomic mass is 16.5. The first-order chi connectivity index (χ1) is 13.1. The van der Waals surface area contributed by atoms with Crippen LogP contribution in [0.2, 0.25) is 0 Å². The van der Waals surface area contributed by atoms with E-state index < -0.39 is 0 Å². The highest BCUT2D eigenvalue weighted by molar-refractivity contribution is 5.94. The lowest BCUT2D eigenvalue weighted by Crippen LogP contribution is -2.31. The number of benzene rings is 2. The summed E-state index contributed by atoms with van der Waals surface area (Å²) in [5, 5.41) is 3.09. The van der Waals surface area contributed by atoms with Gasteiger partial charge in [-0.15, -0.1) is 0 Å². The Labute approximate surface area is 159 Å². The molecule has 5 heteroatoms. The number of carbonyl (C=O) groups is 1. The van der Waals surface area contributed by atoms with Gasteiger partial charge in [0.1, 0.15) is 5.75 Å². The molecule has 0 aliphatic rings. The van der Waals surface area contributed by atoms with Crippen LogP contribution >= 0.6 is 0 Å². The molecular formula is C22H23N3O2. The zero-order valence-corrected chi connectivity index (χ0v) is 15.7. The van der Waals surface area contributed by atoms with Crippen molar-refractivity contribution in [1.82, 2.24) is 15.3 Å². The maximum Gasteiger partial charge on any atom is 0.254 e. The summed E-state index contributed by atoms with van der Waals surface area (Å²) in [6, 6.07) is 17.3. The van der Waals surface area contributed by atoms with E-state index in [1.807, 2.05) is 54.6 Å². The molecule has 3 aromatic rings. The summed E-state index contributed by atoms with van der Waals surface area (Å²) >= 11 is 0. The Balaban J connectivity index is 1.75. The van der Waals surface area contributed by atoms with E-state index in [9.17, 15) is 4.79 Å². The minimum atomic E-state index is -0.191. The lowest BCUT2D eigenvalue weighted by Gasteiger charge is -2.23. The van der Waals surface area contributed by atoms with E-state index in [0.717, 1.165) is 16.9 Å². The predicted molar refractivity (Wildman–Crippen MR) is 106 cm³/mol. The number of nitrogens with one attached hydrogen (secondary N) is 1. The molecule has 5 nitrogen and oxygen atoms in total. The summed E-state index contributed by atoms with van der Waals surface area (Å²) in [7, 11) is 1.63.